The Morgan fingerprint density at radius 3 is 2.67 bits per heavy atom. The van der Waals surface area contributed by atoms with Crippen LogP contribution in [0.5, 0.6) is 0 Å². The molecule has 18 heavy (non-hydrogen) atoms. The van der Waals surface area contributed by atoms with Crippen molar-refractivity contribution in [1.82, 2.24) is 0 Å². The van der Waals surface area contributed by atoms with Gasteiger partial charge in [0.1, 0.15) is 5.82 Å². The molecule has 0 aliphatic carbocycles. The van der Waals surface area contributed by atoms with E-state index in [0.717, 1.165) is 3.57 Å². The molecule has 0 saturated heterocycles. The highest BCUT2D eigenvalue weighted by molar-refractivity contribution is 14.1. The van der Waals surface area contributed by atoms with Crippen molar-refractivity contribution in [3.8, 4) is 0 Å². The SMILES string of the molecule is O=C(Nc1ccc(Br)c(F)c1)c1cccc(I)c1. The maximum absolute atomic E-state index is 13.3. The van der Waals surface area contributed by atoms with E-state index < -0.39 is 5.82 Å². The Kier molecular flexibility index (Phi) is 4.34. The van der Waals surface area contributed by atoms with Crippen LogP contribution in [0.1, 0.15) is 10.4 Å². The van der Waals surface area contributed by atoms with Crippen LogP contribution in [-0.2, 0) is 0 Å². The molecule has 0 atom stereocenters. The van der Waals surface area contributed by atoms with Crippen LogP contribution in [0.2, 0.25) is 0 Å². The number of benzene rings is 2. The zero-order valence-corrected chi connectivity index (χ0v) is 12.8. The maximum atomic E-state index is 13.3. The Bertz CT molecular complexity index is 603. The molecule has 1 N–H and O–H groups in total. The van der Waals surface area contributed by atoms with Gasteiger partial charge in [-0.3, -0.25) is 4.79 Å². The van der Waals surface area contributed by atoms with Crippen LogP contribution in [0.15, 0.2) is 46.9 Å². The van der Waals surface area contributed by atoms with Crippen molar-refractivity contribution in [3.63, 3.8) is 0 Å². The Morgan fingerprint density at radius 1 is 1.22 bits per heavy atom. The molecule has 2 aromatic carbocycles. The normalized spacial score (nSPS) is 10.2. The molecule has 0 radical (unpaired) electrons. The van der Waals surface area contributed by atoms with Gasteiger partial charge in [0.25, 0.3) is 5.91 Å². The first-order chi connectivity index (χ1) is 8.56. The number of carbonyl (C=O) groups excluding carboxylic acids is 1. The number of nitrogens with one attached hydrogen (secondary N) is 1. The minimum Gasteiger partial charge on any atom is -0.322 e. The van der Waals surface area contributed by atoms with Gasteiger partial charge in [-0.05, 0) is 74.9 Å². The average Bonchev–Trinajstić information content (AvgIpc) is 2.34. The molecule has 2 rings (SSSR count). The van der Waals surface area contributed by atoms with E-state index in [2.05, 4.69) is 43.8 Å². The summed E-state index contributed by atoms with van der Waals surface area (Å²) >= 11 is 5.19. The molecule has 0 heterocycles. The zero-order chi connectivity index (χ0) is 13.1. The van der Waals surface area contributed by atoms with Gasteiger partial charge < -0.3 is 5.32 Å². The van der Waals surface area contributed by atoms with Gasteiger partial charge in [-0.25, -0.2) is 4.39 Å². The first kappa shape index (κ1) is 13.5. The van der Waals surface area contributed by atoms with Crippen LogP contribution in [0.4, 0.5) is 10.1 Å². The molecule has 0 spiro atoms. The van der Waals surface area contributed by atoms with E-state index in [4.69, 9.17) is 0 Å². The molecule has 2 aromatic rings. The second-order valence-electron chi connectivity index (χ2n) is 3.59. The van der Waals surface area contributed by atoms with E-state index in [9.17, 15) is 9.18 Å². The fourth-order valence-electron chi connectivity index (χ4n) is 1.41. The second kappa shape index (κ2) is 5.79. The standard InChI is InChI=1S/C13H8BrFINO/c14-11-5-4-10(7-12(11)15)17-13(18)8-2-1-3-9(16)6-8/h1-7H,(H,17,18). The van der Waals surface area contributed by atoms with E-state index in [1.165, 1.54) is 6.07 Å². The summed E-state index contributed by atoms with van der Waals surface area (Å²) in [6.07, 6.45) is 0. The van der Waals surface area contributed by atoms with E-state index in [1.807, 2.05) is 6.07 Å². The lowest BCUT2D eigenvalue weighted by atomic mass is 10.2. The summed E-state index contributed by atoms with van der Waals surface area (Å²) in [6, 6.07) is 11.7. The van der Waals surface area contributed by atoms with Crippen LogP contribution in [0, 0.1) is 9.39 Å². The smallest absolute Gasteiger partial charge is 0.255 e. The molecule has 0 bridgehead atoms. The van der Waals surface area contributed by atoms with Gasteiger partial charge in [-0.2, -0.15) is 0 Å². The van der Waals surface area contributed by atoms with Crippen molar-refractivity contribution in [2.45, 2.75) is 0 Å². The van der Waals surface area contributed by atoms with Crippen molar-refractivity contribution in [3.05, 3.63) is 61.9 Å². The Hall–Kier alpha value is -0.950. The first-order valence-corrected chi connectivity index (χ1v) is 6.95. The monoisotopic (exact) mass is 419 g/mol. The number of rotatable bonds is 2. The van der Waals surface area contributed by atoms with Crippen molar-refractivity contribution in [1.29, 1.82) is 0 Å². The van der Waals surface area contributed by atoms with Gasteiger partial charge in [0, 0.05) is 14.8 Å². The lowest BCUT2D eigenvalue weighted by molar-refractivity contribution is 0.102. The average molecular weight is 420 g/mol. The third-order valence-corrected chi connectivity index (χ3v) is 3.58. The second-order valence-corrected chi connectivity index (χ2v) is 5.69. The molecular weight excluding hydrogens is 412 g/mol. The molecule has 92 valence electrons. The molecule has 0 aromatic heterocycles. The van der Waals surface area contributed by atoms with Crippen molar-refractivity contribution in [2.24, 2.45) is 0 Å². The van der Waals surface area contributed by atoms with Crippen molar-refractivity contribution in [2.75, 3.05) is 5.32 Å². The predicted molar refractivity (Wildman–Crippen MR) is 81.2 cm³/mol. The zero-order valence-electron chi connectivity index (χ0n) is 9.08. The van der Waals surface area contributed by atoms with Crippen LogP contribution in [0.3, 0.4) is 0 Å². The van der Waals surface area contributed by atoms with Gasteiger partial charge in [-0.1, -0.05) is 6.07 Å². The van der Waals surface area contributed by atoms with Crippen LogP contribution in [-0.4, -0.2) is 5.91 Å². The number of hydrogen-bond acceptors (Lipinski definition) is 1. The molecule has 0 saturated carbocycles. The summed E-state index contributed by atoms with van der Waals surface area (Å²) in [5.41, 5.74) is 0.977. The third-order valence-electron chi connectivity index (χ3n) is 2.26. The molecule has 0 unspecified atom stereocenters. The van der Waals surface area contributed by atoms with Crippen molar-refractivity contribution < 1.29 is 9.18 Å². The molecule has 0 aliphatic heterocycles. The highest BCUT2D eigenvalue weighted by Crippen LogP contribution is 2.20. The van der Waals surface area contributed by atoms with Crippen molar-refractivity contribution >= 4 is 50.1 Å². The summed E-state index contributed by atoms with van der Waals surface area (Å²) in [4.78, 5) is 11.9. The number of amides is 1. The first-order valence-electron chi connectivity index (χ1n) is 5.08. The third kappa shape index (κ3) is 3.29. The molecule has 0 aliphatic rings. The van der Waals surface area contributed by atoms with Crippen LogP contribution >= 0.6 is 38.5 Å². The minimum absolute atomic E-state index is 0.254. The van der Waals surface area contributed by atoms with Crippen LogP contribution in [0.25, 0.3) is 0 Å². The minimum atomic E-state index is -0.407. The fraction of sp³-hybridized carbons (Fsp3) is 0. The fourth-order valence-corrected chi connectivity index (χ4v) is 2.20. The van der Waals surface area contributed by atoms with E-state index >= 15 is 0 Å². The van der Waals surface area contributed by atoms with Gasteiger partial charge in [0.2, 0.25) is 0 Å². The van der Waals surface area contributed by atoms with E-state index in [0.29, 0.717) is 15.7 Å². The number of anilines is 1. The summed E-state index contributed by atoms with van der Waals surface area (Å²) in [6.45, 7) is 0. The Labute approximate surface area is 126 Å². The molecule has 1 amide bonds. The van der Waals surface area contributed by atoms with Gasteiger partial charge in [0.15, 0.2) is 0 Å². The molecular formula is C13H8BrFINO. The van der Waals surface area contributed by atoms with Gasteiger partial charge in [0.05, 0.1) is 4.47 Å². The van der Waals surface area contributed by atoms with Gasteiger partial charge in [-0.15, -0.1) is 0 Å². The maximum Gasteiger partial charge on any atom is 0.255 e. The summed E-state index contributed by atoms with van der Waals surface area (Å²) in [5.74, 6) is -0.661. The Morgan fingerprint density at radius 2 is 2.00 bits per heavy atom. The number of hydrogen-bond donors (Lipinski definition) is 1. The summed E-state index contributed by atoms with van der Waals surface area (Å²) in [5, 5.41) is 2.65. The Balaban J connectivity index is 2.18. The largest absolute Gasteiger partial charge is 0.322 e. The molecule has 5 heteroatoms. The van der Waals surface area contributed by atoms with Gasteiger partial charge >= 0.3 is 0 Å². The van der Waals surface area contributed by atoms with Crippen LogP contribution < -0.4 is 5.32 Å². The van der Waals surface area contributed by atoms with E-state index in [1.54, 1.807) is 30.3 Å². The predicted octanol–water partition coefficient (Wildman–Crippen LogP) is 4.45. The topological polar surface area (TPSA) is 29.1 Å². The number of halogens is 3. The molecule has 0 fully saturated rings. The quantitative estimate of drug-likeness (QED) is 0.716. The molecule has 2 nitrogen and oxygen atoms in total. The summed E-state index contributed by atoms with van der Waals surface area (Å²) in [7, 11) is 0. The highest BCUT2D eigenvalue weighted by atomic mass is 127. The number of carbonyl (C=O) groups is 1. The highest BCUT2D eigenvalue weighted by Gasteiger charge is 2.07. The lowest BCUT2D eigenvalue weighted by Crippen LogP contribution is -2.12. The van der Waals surface area contributed by atoms with E-state index in [-0.39, 0.29) is 5.91 Å². The summed E-state index contributed by atoms with van der Waals surface area (Å²) < 4.78 is 14.6. The lowest BCUT2D eigenvalue weighted by Gasteiger charge is -2.06.